The van der Waals surface area contributed by atoms with Gasteiger partial charge in [-0.3, -0.25) is 4.79 Å². The Hall–Kier alpha value is -1.66. The van der Waals surface area contributed by atoms with Gasteiger partial charge in [0.1, 0.15) is 5.82 Å². The molecule has 3 fully saturated rings. The van der Waals surface area contributed by atoms with Crippen molar-refractivity contribution in [2.75, 3.05) is 44.3 Å². The molecule has 3 heterocycles. The van der Waals surface area contributed by atoms with E-state index in [1.807, 2.05) is 17.0 Å². The van der Waals surface area contributed by atoms with E-state index >= 15 is 0 Å². The van der Waals surface area contributed by atoms with E-state index in [0.29, 0.717) is 18.0 Å². The molecular weight excluding hydrogens is 330 g/mol. The van der Waals surface area contributed by atoms with E-state index in [1.165, 1.54) is 0 Å². The molecule has 2 saturated heterocycles. The van der Waals surface area contributed by atoms with Crippen LogP contribution in [0.4, 0.5) is 5.82 Å². The second-order valence-corrected chi connectivity index (χ2v) is 7.93. The number of hydrogen-bond donors (Lipinski definition) is 1. The van der Waals surface area contributed by atoms with Crippen LogP contribution in [0.2, 0.25) is 0 Å². The van der Waals surface area contributed by atoms with Crippen molar-refractivity contribution < 1.29 is 14.6 Å². The summed E-state index contributed by atoms with van der Waals surface area (Å²) in [6, 6.07) is 3.82. The van der Waals surface area contributed by atoms with Crippen LogP contribution in [0.25, 0.3) is 0 Å². The van der Waals surface area contributed by atoms with Gasteiger partial charge in [-0.25, -0.2) is 4.98 Å². The third-order valence-electron chi connectivity index (χ3n) is 6.55. The van der Waals surface area contributed by atoms with Gasteiger partial charge in [-0.05, 0) is 37.3 Å². The van der Waals surface area contributed by atoms with Crippen molar-refractivity contribution in [1.82, 2.24) is 9.88 Å². The highest BCUT2D eigenvalue weighted by atomic mass is 16.5. The van der Waals surface area contributed by atoms with Gasteiger partial charge in [0.25, 0.3) is 5.91 Å². The molecule has 142 valence electrons. The molecule has 0 radical (unpaired) electrons. The maximum Gasteiger partial charge on any atom is 0.255 e. The summed E-state index contributed by atoms with van der Waals surface area (Å²) in [5.41, 5.74) is 0.0387. The van der Waals surface area contributed by atoms with Crippen LogP contribution in [0.15, 0.2) is 18.3 Å². The lowest BCUT2D eigenvalue weighted by molar-refractivity contribution is -0.0609. The molecule has 0 spiro atoms. The number of aliphatic hydroxyl groups is 1. The molecule has 1 N–H and O–H groups in total. The van der Waals surface area contributed by atoms with Crippen molar-refractivity contribution in [2.45, 2.75) is 38.2 Å². The Morgan fingerprint density at radius 3 is 2.85 bits per heavy atom. The largest absolute Gasteiger partial charge is 0.390 e. The number of likely N-dealkylation sites (tertiary alicyclic amines) is 1. The van der Waals surface area contributed by atoms with Crippen LogP contribution in [-0.4, -0.2) is 65.9 Å². The Morgan fingerprint density at radius 2 is 2.15 bits per heavy atom. The summed E-state index contributed by atoms with van der Waals surface area (Å²) < 4.78 is 5.37. The molecule has 6 heteroatoms. The van der Waals surface area contributed by atoms with Gasteiger partial charge in [0.15, 0.2) is 0 Å². The lowest BCUT2D eigenvalue weighted by Crippen LogP contribution is -2.44. The van der Waals surface area contributed by atoms with Crippen molar-refractivity contribution in [3.05, 3.63) is 23.9 Å². The molecule has 26 heavy (non-hydrogen) atoms. The Labute approximate surface area is 155 Å². The SMILES string of the molecule is CC[C@]1(O)CCC[C@H]2CN(C(=O)c3ccc(N4CCOCC4)nc3)C[C@H]21. The number of carbonyl (C=O) groups excluding carboxylic acids is 1. The van der Waals surface area contributed by atoms with Gasteiger partial charge < -0.3 is 19.6 Å². The number of amides is 1. The minimum absolute atomic E-state index is 0.0406. The lowest BCUT2D eigenvalue weighted by Gasteiger charge is -2.40. The van der Waals surface area contributed by atoms with E-state index in [1.54, 1.807) is 6.20 Å². The van der Waals surface area contributed by atoms with Gasteiger partial charge in [-0.2, -0.15) is 0 Å². The average molecular weight is 359 g/mol. The molecule has 1 aromatic rings. The fourth-order valence-electron chi connectivity index (χ4n) is 4.91. The third kappa shape index (κ3) is 3.21. The molecule has 1 saturated carbocycles. The van der Waals surface area contributed by atoms with Gasteiger partial charge in [-0.15, -0.1) is 0 Å². The van der Waals surface area contributed by atoms with Crippen LogP contribution in [0.5, 0.6) is 0 Å². The molecule has 3 atom stereocenters. The van der Waals surface area contributed by atoms with Crippen molar-refractivity contribution in [1.29, 1.82) is 0 Å². The first-order chi connectivity index (χ1) is 12.6. The number of nitrogens with zero attached hydrogens (tertiary/aromatic N) is 3. The maximum atomic E-state index is 12.9. The second kappa shape index (κ2) is 7.16. The minimum Gasteiger partial charge on any atom is -0.390 e. The number of anilines is 1. The molecule has 1 aliphatic carbocycles. The molecule has 0 unspecified atom stereocenters. The highest BCUT2D eigenvalue weighted by Crippen LogP contribution is 2.44. The molecular formula is C20H29N3O3. The van der Waals surface area contributed by atoms with Gasteiger partial charge in [0.2, 0.25) is 0 Å². The molecule has 1 amide bonds. The highest BCUT2D eigenvalue weighted by Gasteiger charge is 2.48. The topological polar surface area (TPSA) is 65.9 Å². The van der Waals surface area contributed by atoms with Crippen LogP contribution >= 0.6 is 0 Å². The number of rotatable bonds is 3. The second-order valence-electron chi connectivity index (χ2n) is 7.93. The number of pyridine rings is 1. The maximum absolute atomic E-state index is 12.9. The van der Waals surface area contributed by atoms with Gasteiger partial charge in [0.05, 0.1) is 24.4 Å². The summed E-state index contributed by atoms with van der Waals surface area (Å²) in [6.45, 7) is 6.60. The lowest BCUT2D eigenvalue weighted by atomic mass is 9.69. The van der Waals surface area contributed by atoms with Gasteiger partial charge in [-0.1, -0.05) is 13.3 Å². The first-order valence-electron chi connectivity index (χ1n) is 9.91. The average Bonchev–Trinajstić information content (AvgIpc) is 3.14. The zero-order valence-corrected chi connectivity index (χ0v) is 15.6. The molecule has 0 bridgehead atoms. The van der Waals surface area contributed by atoms with Crippen LogP contribution < -0.4 is 4.90 Å². The standard InChI is InChI=1S/C20H29N3O3/c1-2-20(25)7-3-4-16-13-23(14-17(16)20)19(24)15-5-6-18(21-12-15)22-8-10-26-11-9-22/h5-6,12,16-17,25H,2-4,7-11,13-14H2,1H3/t16-,17+,20-/m0/s1. The summed E-state index contributed by atoms with van der Waals surface area (Å²) in [6.07, 6.45) is 5.50. The van der Waals surface area contributed by atoms with Crippen molar-refractivity contribution >= 4 is 11.7 Å². The predicted octanol–water partition coefficient (Wildman–Crippen LogP) is 1.93. The number of hydrogen-bond acceptors (Lipinski definition) is 5. The Bertz CT molecular complexity index is 644. The molecule has 1 aromatic heterocycles. The first-order valence-corrected chi connectivity index (χ1v) is 9.91. The zero-order valence-electron chi connectivity index (χ0n) is 15.6. The fraction of sp³-hybridized carbons (Fsp3) is 0.700. The van der Waals surface area contributed by atoms with Crippen LogP contribution in [-0.2, 0) is 4.74 Å². The Morgan fingerprint density at radius 1 is 1.35 bits per heavy atom. The van der Waals surface area contributed by atoms with E-state index in [2.05, 4.69) is 16.8 Å². The quantitative estimate of drug-likeness (QED) is 0.893. The van der Waals surface area contributed by atoms with Gasteiger partial charge in [0, 0.05) is 38.3 Å². The minimum atomic E-state index is -0.601. The van der Waals surface area contributed by atoms with E-state index in [9.17, 15) is 9.90 Å². The normalized spacial score (nSPS) is 31.8. The number of ether oxygens (including phenoxy) is 1. The molecule has 4 rings (SSSR count). The van der Waals surface area contributed by atoms with Crippen LogP contribution in [0.3, 0.4) is 0 Å². The summed E-state index contributed by atoms with van der Waals surface area (Å²) >= 11 is 0. The number of carbonyl (C=O) groups is 1. The summed E-state index contributed by atoms with van der Waals surface area (Å²) in [7, 11) is 0. The summed E-state index contributed by atoms with van der Waals surface area (Å²) in [5.74, 6) is 1.59. The zero-order chi connectivity index (χ0) is 18.1. The van der Waals surface area contributed by atoms with Crippen molar-refractivity contribution in [3.8, 4) is 0 Å². The Kier molecular flexibility index (Phi) is 4.88. The predicted molar refractivity (Wildman–Crippen MR) is 99.2 cm³/mol. The number of morpholine rings is 1. The van der Waals surface area contributed by atoms with Crippen molar-refractivity contribution in [2.24, 2.45) is 11.8 Å². The molecule has 6 nitrogen and oxygen atoms in total. The third-order valence-corrected chi connectivity index (χ3v) is 6.55. The molecule has 3 aliphatic rings. The smallest absolute Gasteiger partial charge is 0.255 e. The van der Waals surface area contributed by atoms with Crippen LogP contribution in [0.1, 0.15) is 43.0 Å². The fourth-order valence-corrected chi connectivity index (χ4v) is 4.91. The van der Waals surface area contributed by atoms with E-state index in [0.717, 1.165) is 64.3 Å². The molecule has 2 aliphatic heterocycles. The monoisotopic (exact) mass is 359 g/mol. The van der Waals surface area contributed by atoms with E-state index in [4.69, 9.17) is 4.74 Å². The van der Waals surface area contributed by atoms with E-state index < -0.39 is 5.60 Å². The van der Waals surface area contributed by atoms with E-state index in [-0.39, 0.29) is 11.8 Å². The first kappa shape index (κ1) is 17.7. The number of fused-ring (bicyclic) bond motifs is 1. The van der Waals surface area contributed by atoms with Crippen molar-refractivity contribution in [3.63, 3.8) is 0 Å². The summed E-state index contributed by atoms with van der Waals surface area (Å²) in [4.78, 5) is 21.6. The van der Waals surface area contributed by atoms with Gasteiger partial charge >= 0.3 is 0 Å². The molecule has 0 aromatic carbocycles. The highest BCUT2D eigenvalue weighted by molar-refractivity contribution is 5.94. The summed E-state index contributed by atoms with van der Waals surface area (Å²) in [5, 5.41) is 10.9. The Balaban J connectivity index is 1.44. The van der Waals surface area contributed by atoms with Crippen LogP contribution in [0, 0.1) is 11.8 Å². The number of aromatic nitrogens is 1.